The number of nitrogens with one attached hydrogen (secondary N) is 2. The Kier molecular flexibility index (Phi) is 3.66. The van der Waals surface area contributed by atoms with Crippen LogP contribution >= 0.6 is 0 Å². The molecule has 1 atom stereocenters. The fourth-order valence-electron chi connectivity index (χ4n) is 2.98. The molecule has 0 radical (unpaired) electrons. The lowest BCUT2D eigenvalue weighted by Gasteiger charge is -2.33. The summed E-state index contributed by atoms with van der Waals surface area (Å²) in [5.74, 6) is 0.0739. The van der Waals surface area contributed by atoms with E-state index in [1.807, 2.05) is 24.3 Å². The zero-order chi connectivity index (χ0) is 14.0. The van der Waals surface area contributed by atoms with Crippen molar-refractivity contribution in [2.45, 2.75) is 25.7 Å². The molecular formula is C16H22N2O2. The molecule has 108 valence electrons. The molecule has 1 aromatic carbocycles. The molecule has 0 aromatic heterocycles. The first-order valence-electron chi connectivity index (χ1n) is 7.36. The Hall–Kier alpha value is -1.55. The van der Waals surface area contributed by atoms with Crippen LogP contribution in [0.5, 0.6) is 0 Å². The molecule has 1 amide bonds. The summed E-state index contributed by atoms with van der Waals surface area (Å²) in [7, 11) is 0. The third-order valence-corrected chi connectivity index (χ3v) is 4.54. The minimum Gasteiger partial charge on any atom is -0.384 e. The Bertz CT molecular complexity index is 495. The van der Waals surface area contributed by atoms with Gasteiger partial charge in [-0.05, 0) is 29.9 Å². The number of carbonyl (C=O) groups is 1. The molecule has 3 rings (SSSR count). The summed E-state index contributed by atoms with van der Waals surface area (Å²) < 4.78 is 5.40. The molecule has 4 heteroatoms. The number of ether oxygens (including phenoxy) is 1. The number of benzene rings is 1. The second-order valence-electron chi connectivity index (χ2n) is 6.16. The molecule has 4 nitrogen and oxygen atoms in total. The van der Waals surface area contributed by atoms with Crippen molar-refractivity contribution < 1.29 is 9.53 Å². The first kappa shape index (κ1) is 13.4. The van der Waals surface area contributed by atoms with Crippen molar-refractivity contribution in [3.8, 4) is 0 Å². The number of fused-ring (bicyclic) bond motifs is 1. The lowest BCUT2D eigenvalue weighted by Crippen LogP contribution is -2.41. The molecule has 0 aliphatic carbocycles. The topological polar surface area (TPSA) is 50.4 Å². The van der Waals surface area contributed by atoms with Crippen LogP contribution < -0.4 is 10.6 Å². The van der Waals surface area contributed by atoms with E-state index in [0.29, 0.717) is 6.54 Å². The van der Waals surface area contributed by atoms with Crippen molar-refractivity contribution in [2.24, 2.45) is 5.41 Å². The summed E-state index contributed by atoms with van der Waals surface area (Å²) in [6.07, 6.45) is 2.04. The van der Waals surface area contributed by atoms with E-state index in [-0.39, 0.29) is 17.2 Å². The molecule has 2 aliphatic heterocycles. The van der Waals surface area contributed by atoms with Crippen LogP contribution in [0.15, 0.2) is 24.3 Å². The number of rotatable bonds is 3. The van der Waals surface area contributed by atoms with Gasteiger partial charge in [0.2, 0.25) is 5.91 Å². The van der Waals surface area contributed by atoms with Gasteiger partial charge in [-0.2, -0.15) is 0 Å². The predicted octanol–water partition coefficient (Wildman–Crippen LogP) is 2.13. The smallest absolute Gasteiger partial charge is 0.229 e. The van der Waals surface area contributed by atoms with Crippen LogP contribution in [0.3, 0.4) is 0 Å². The molecule has 1 aromatic rings. The SMILES string of the molecule is CC1(CNC(=O)C2CNc3ccccc32)CCOCC1. The molecule has 20 heavy (non-hydrogen) atoms. The molecule has 1 unspecified atom stereocenters. The lowest BCUT2D eigenvalue weighted by molar-refractivity contribution is -0.123. The Morgan fingerprint density at radius 3 is 2.95 bits per heavy atom. The van der Waals surface area contributed by atoms with Crippen molar-refractivity contribution in [3.05, 3.63) is 29.8 Å². The van der Waals surface area contributed by atoms with Crippen LogP contribution in [-0.4, -0.2) is 32.2 Å². The van der Waals surface area contributed by atoms with Crippen LogP contribution in [0.1, 0.15) is 31.2 Å². The fraction of sp³-hybridized carbons (Fsp3) is 0.562. The van der Waals surface area contributed by atoms with Gasteiger partial charge in [-0.3, -0.25) is 4.79 Å². The Labute approximate surface area is 119 Å². The number of hydrogen-bond donors (Lipinski definition) is 2. The van der Waals surface area contributed by atoms with Crippen LogP contribution in [0.25, 0.3) is 0 Å². The van der Waals surface area contributed by atoms with Crippen molar-refractivity contribution in [1.82, 2.24) is 5.32 Å². The summed E-state index contributed by atoms with van der Waals surface area (Å²) in [5, 5.41) is 6.44. The molecule has 0 bridgehead atoms. The fourth-order valence-corrected chi connectivity index (χ4v) is 2.98. The number of anilines is 1. The monoisotopic (exact) mass is 274 g/mol. The molecular weight excluding hydrogens is 252 g/mol. The number of para-hydroxylation sites is 1. The lowest BCUT2D eigenvalue weighted by atomic mass is 9.82. The Morgan fingerprint density at radius 2 is 2.15 bits per heavy atom. The summed E-state index contributed by atoms with van der Waals surface area (Å²) >= 11 is 0. The highest BCUT2D eigenvalue weighted by Crippen LogP contribution is 2.32. The maximum atomic E-state index is 12.4. The highest BCUT2D eigenvalue weighted by molar-refractivity contribution is 5.88. The van der Waals surface area contributed by atoms with Gasteiger partial charge in [0.15, 0.2) is 0 Å². The normalized spacial score (nSPS) is 23.8. The van der Waals surface area contributed by atoms with Gasteiger partial charge in [0.05, 0.1) is 5.92 Å². The third kappa shape index (κ3) is 2.66. The van der Waals surface area contributed by atoms with E-state index in [1.165, 1.54) is 0 Å². The number of amides is 1. The minimum absolute atomic E-state index is 0.0605. The van der Waals surface area contributed by atoms with Crippen LogP contribution in [0.4, 0.5) is 5.69 Å². The van der Waals surface area contributed by atoms with Crippen molar-refractivity contribution in [2.75, 3.05) is 31.6 Å². The minimum atomic E-state index is -0.0605. The summed E-state index contributed by atoms with van der Waals surface area (Å²) in [6, 6.07) is 8.05. The first-order chi connectivity index (χ1) is 9.68. The van der Waals surface area contributed by atoms with Gasteiger partial charge < -0.3 is 15.4 Å². The van der Waals surface area contributed by atoms with E-state index in [1.54, 1.807) is 0 Å². The van der Waals surface area contributed by atoms with E-state index >= 15 is 0 Å². The van der Waals surface area contributed by atoms with Gasteiger partial charge >= 0.3 is 0 Å². The Morgan fingerprint density at radius 1 is 1.40 bits per heavy atom. The third-order valence-electron chi connectivity index (χ3n) is 4.54. The van der Waals surface area contributed by atoms with Gasteiger partial charge in [0.25, 0.3) is 0 Å². The van der Waals surface area contributed by atoms with E-state index in [0.717, 1.165) is 43.9 Å². The van der Waals surface area contributed by atoms with Gasteiger partial charge in [0, 0.05) is 32.0 Å². The predicted molar refractivity (Wildman–Crippen MR) is 78.8 cm³/mol. The highest BCUT2D eigenvalue weighted by Gasteiger charge is 2.31. The standard InChI is InChI=1S/C16H22N2O2/c1-16(6-8-20-9-7-16)11-18-15(19)13-10-17-14-5-3-2-4-12(13)14/h2-5,13,17H,6-11H2,1H3,(H,18,19). The van der Waals surface area contributed by atoms with Gasteiger partial charge in [0.1, 0.15) is 0 Å². The van der Waals surface area contributed by atoms with Gasteiger partial charge in [-0.15, -0.1) is 0 Å². The average molecular weight is 274 g/mol. The molecule has 2 N–H and O–H groups in total. The summed E-state index contributed by atoms with van der Waals surface area (Å²) in [5.41, 5.74) is 2.38. The van der Waals surface area contributed by atoms with Crippen LogP contribution in [0, 0.1) is 5.41 Å². The zero-order valence-corrected chi connectivity index (χ0v) is 11.9. The van der Waals surface area contributed by atoms with Crippen molar-refractivity contribution in [3.63, 3.8) is 0 Å². The molecule has 1 saturated heterocycles. The van der Waals surface area contributed by atoms with Crippen molar-refractivity contribution in [1.29, 1.82) is 0 Å². The molecule has 0 saturated carbocycles. The number of hydrogen-bond acceptors (Lipinski definition) is 3. The molecule has 2 aliphatic rings. The zero-order valence-electron chi connectivity index (χ0n) is 11.9. The van der Waals surface area contributed by atoms with E-state index in [9.17, 15) is 4.79 Å². The maximum Gasteiger partial charge on any atom is 0.229 e. The molecule has 2 heterocycles. The quantitative estimate of drug-likeness (QED) is 0.887. The second-order valence-corrected chi connectivity index (χ2v) is 6.16. The first-order valence-corrected chi connectivity index (χ1v) is 7.36. The second kappa shape index (κ2) is 5.44. The molecule has 1 fully saturated rings. The van der Waals surface area contributed by atoms with Gasteiger partial charge in [-0.25, -0.2) is 0 Å². The summed E-state index contributed by atoms with van der Waals surface area (Å²) in [6.45, 7) is 5.29. The maximum absolute atomic E-state index is 12.4. The van der Waals surface area contributed by atoms with Gasteiger partial charge in [-0.1, -0.05) is 25.1 Å². The van der Waals surface area contributed by atoms with E-state index < -0.39 is 0 Å². The molecule has 0 spiro atoms. The van der Waals surface area contributed by atoms with Crippen LogP contribution in [0.2, 0.25) is 0 Å². The Balaban J connectivity index is 1.60. The largest absolute Gasteiger partial charge is 0.384 e. The van der Waals surface area contributed by atoms with Crippen molar-refractivity contribution >= 4 is 11.6 Å². The van der Waals surface area contributed by atoms with Crippen LogP contribution in [-0.2, 0) is 9.53 Å². The average Bonchev–Trinajstić information content (AvgIpc) is 2.90. The van der Waals surface area contributed by atoms with E-state index in [4.69, 9.17) is 4.74 Å². The number of carbonyl (C=O) groups excluding carboxylic acids is 1. The summed E-state index contributed by atoms with van der Waals surface area (Å²) in [4.78, 5) is 12.4. The highest BCUT2D eigenvalue weighted by atomic mass is 16.5. The van der Waals surface area contributed by atoms with E-state index in [2.05, 4.69) is 17.6 Å².